The summed E-state index contributed by atoms with van der Waals surface area (Å²) in [5, 5.41) is 2.92. The number of nitrogens with one attached hydrogen (secondary N) is 1. The van der Waals surface area contributed by atoms with Gasteiger partial charge >= 0.3 is 0 Å². The van der Waals surface area contributed by atoms with E-state index in [4.69, 9.17) is 0 Å². The third-order valence-electron chi connectivity index (χ3n) is 3.19. The standard InChI is InChI=1S/C12H14.C9H19NO.C7H14.7C5H12/c1-12(2,3)10-9-11-7-5-4-6-8-11;1-8(2,3)7(11)10-9(4,5)6;1-5-6-7(2,3)4;7*1-5(2,3)4/h4-8H,1-3H3;1-6H3,(H,10,11);5-6H,1-4H3;7*1-4H3/b;;6-5+;;;;;;;. The molecule has 0 saturated carbocycles. The maximum Gasteiger partial charge on any atom is 0.225 e. The van der Waals surface area contributed by atoms with Crippen molar-refractivity contribution in [3.63, 3.8) is 0 Å². The first-order valence-corrected chi connectivity index (χ1v) is 24.8. The lowest BCUT2D eigenvalue weighted by Crippen LogP contribution is -2.46. The van der Waals surface area contributed by atoms with E-state index >= 15 is 0 Å². The average Bonchev–Trinajstić information content (AvgIpc) is 2.84. The molecule has 1 N–H and O–H groups in total. The highest BCUT2D eigenvalue weighted by Crippen LogP contribution is 2.16. The molecule has 1 amide bonds. The van der Waals surface area contributed by atoms with Crippen molar-refractivity contribution in [2.75, 3.05) is 0 Å². The summed E-state index contributed by atoms with van der Waals surface area (Å²) < 4.78 is 0. The summed E-state index contributed by atoms with van der Waals surface area (Å²) in [4.78, 5) is 11.4. The van der Waals surface area contributed by atoms with Gasteiger partial charge in [-0.3, -0.25) is 4.79 Å². The van der Waals surface area contributed by atoms with Crippen LogP contribution in [0.5, 0.6) is 0 Å². The Labute approximate surface area is 417 Å². The zero-order valence-electron chi connectivity index (χ0n) is 53.4. The van der Waals surface area contributed by atoms with Crippen LogP contribution in [0.2, 0.25) is 0 Å². The van der Waals surface area contributed by atoms with Gasteiger partial charge in [-0.1, -0.05) is 278 Å². The highest BCUT2D eigenvalue weighted by molar-refractivity contribution is 5.81. The summed E-state index contributed by atoms with van der Waals surface area (Å²) >= 11 is 0. The van der Waals surface area contributed by atoms with Crippen LogP contribution >= 0.6 is 0 Å². The van der Waals surface area contributed by atoms with Crippen molar-refractivity contribution in [2.45, 2.75) is 289 Å². The highest BCUT2D eigenvalue weighted by Gasteiger charge is 2.24. The molecule has 0 atom stereocenters. The molecule has 0 aliphatic rings. The second-order valence-corrected chi connectivity index (χ2v) is 32.7. The number of carbonyl (C=O) groups excluding carboxylic acids is 1. The molecule has 2 nitrogen and oxygen atoms in total. The van der Waals surface area contributed by atoms with Crippen LogP contribution in [-0.4, -0.2) is 11.4 Å². The molecule has 0 aliphatic carbocycles. The molecule has 0 radical (unpaired) electrons. The molecule has 1 rings (SSSR count). The van der Waals surface area contributed by atoms with Crippen LogP contribution in [-0.2, 0) is 4.79 Å². The summed E-state index contributed by atoms with van der Waals surface area (Å²) in [6, 6.07) is 10.1. The lowest BCUT2D eigenvalue weighted by atomic mass is 9.94. The van der Waals surface area contributed by atoms with Gasteiger partial charge in [-0.15, -0.1) is 0 Å². The summed E-state index contributed by atoms with van der Waals surface area (Å²) in [5.41, 5.74) is 4.65. The van der Waals surface area contributed by atoms with Gasteiger partial charge in [0.25, 0.3) is 0 Å². The fourth-order valence-electron chi connectivity index (χ4n) is 1.81. The first-order valence-electron chi connectivity index (χ1n) is 24.8. The van der Waals surface area contributed by atoms with Gasteiger partial charge in [-0.25, -0.2) is 0 Å². The van der Waals surface area contributed by atoms with Gasteiger partial charge in [0, 0.05) is 21.9 Å². The van der Waals surface area contributed by atoms with Crippen LogP contribution in [0.4, 0.5) is 0 Å². The molecule has 0 heterocycles. The lowest BCUT2D eigenvalue weighted by molar-refractivity contribution is -0.130. The van der Waals surface area contributed by atoms with E-state index in [1.54, 1.807) is 0 Å². The first-order chi connectivity index (χ1) is 27.3. The highest BCUT2D eigenvalue weighted by atomic mass is 16.2. The lowest BCUT2D eigenvalue weighted by Gasteiger charge is -2.26. The Morgan fingerprint density at radius 2 is 0.615 bits per heavy atom. The van der Waals surface area contributed by atoms with Crippen LogP contribution < -0.4 is 5.32 Å². The van der Waals surface area contributed by atoms with Gasteiger partial charge < -0.3 is 5.32 Å². The minimum atomic E-state index is -0.284. The maximum atomic E-state index is 11.4. The number of carbonyl (C=O) groups is 1. The third-order valence-corrected chi connectivity index (χ3v) is 3.19. The quantitative estimate of drug-likeness (QED) is 0.204. The zero-order chi connectivity index (χ0) is 55.7. The van der Waals surface area contributed by atoms with Gasteiger partial charge in [0.1, 0.15) is 0 Å². The van der Waals surface area contributed by atoms with Gasteiger partial charge in [-0.05, 0) is 104 Å². The number of rotatable bonds is 0. The molecule has 0 unspecified atom stereocenters. The van der Waals surface area contributed by atoms with Crippen LogP contribution in [0, 0.1) is 66.0 Å². The number of benzene rings is 1. The van der Waals surface area contributed by atoms with E-state index in [1.807, 2.05) is 78.8 Å². The van der Waals surface area contributed by atoms with Crippen molar-refractivity contribution < 1.29 is 4.79 Å². The molecule has 0 bridgehead atoms. The molecular formula is C63H131NO. The summed E-state index contributed by atoms with van der Waals surface area (Å²) in [6.07, 6.45) is 4.27. The number of allylic oxidation sites excluding steroid dienone is 2. The van der Waals surface area contributed by atoms with Crippen LogP contribution in [0.25, 0.3) is 0 Å². The fraction of sp³-hybridized carbons (Fsp3) is 0.825. The van der Waals surface area contributed by atoms with E-state index in [2.05, 4.69) is 265 Å². The largest absolute Gasteiger partial charge is 0.351 e. The van der Waals surface area contributed by atoms with Crippen molar-refractivity contribution in [1.82, 2.24) is 5.32 Å². The summed E-state index contributed by atoms with van der Waals surface area (Å²) in [7, 11) is 0. The van der Waals surface area contributed by atoms with E-state index in [1.165, 1.54) is 0 Å². The fourth-order valence-corrected chi connectivity index (χ4v) is 1.81. The predicted molar refractivity (Wildman–Crippen MR) is 310 cm³/mol. The minimum Gasteiger partial charge on any atom is -0.351 e. The Bertz CT molecular complexity index is 1120. The average molecular weight is 919 g/mol. The SMILES string of the molecule is C/C=C/C(C)(C)C.CC(C)(C)C.CC(C)(C)C.CC(C)(C)C.CC(C)(C)C.CC(C)(C)C.CC(C)(C)C.CC(C)(C)C.CC(C)(C)C#Cc1ccccc1.CC(C)(C)NC(=O)C(C)(C)C. The van der Waals surface area contributed by atoms with Gasteiger partial charge in [-0.2, -0.15) is 0 Å². The Hall–Kier alpha value is -2.01. The minimum absolute atomic E-state index is 0.0931. The molecule has 65 heavy (non-hydrogen) atoms. The molecule has 1 aromatic rings. The number of hydrogen-bond donors (Lipinski definition) is 1. The van der Waals surface area contributed by atoms with Crippen molar-refractivity contribution in [3.8, 4) is 11.8 Å². The smallest absolute Gasteiger partial charge is 0.225 e. The molecular weight excluding hydrogens is 787 g/mol. The number of hydrogen-bond acceptors (Lipinski definition) is 1. The summed E-state index contributed by atoms with van der Waals surface area (Å²) in [5.74, 6) is 6.42. The molecule has 0 fully saturated rings. The first kappa shape index (κ1) is 83.0. The van der Waals surface area contributed by atoms with E-state index < -0.39 is 0 Å². The van der Waals surface area contributed by atoms with Gasteiger partial charge in [0.2, 0.25) is 5.91 Å². The van der Waals surface area contributed by atoms with Crippen LogP contribution in [0.3, 0.4) is 0 Å². The molecule has 0 aliphatic heterocycles. The second kappa shape index (κ2) is 36.0. The van der Waals surface area contributed by atoms with Crippen molar-refractivity contribution in [1.29, 1.82) is 0 Å². The van der Waals surface area contributed by atoms with E-state index in [-0.39, 0.29) is 22.3 Å². The second-order valence-electron chi connectivity index (χ2n) is 32.7. The molecule has 0 saturated heterocycles. The Kier molecular flexibility index (Phi) is 46.0. The van der Waals surface area contributed by atoms with Crippen molar-refractivity contribution in [2.24, 2.45) is 54.1 Å². The third kappa shape index (κ3) is 306. The van der Waals surface area contributed by atoms with Gasteiger partial charge in [0.05, 0.1) is 0 Å². The Morgan fingerprint density at radius 1 is 0.400 bits per heavy atom. The maximum absolute atomic E-state index is 11.4. The number of amides is 1. The Morgan fingerprint density at radius 3 is 0.723 bits per heavy atom. The summed E-state index contributed by atoms with van der Waals surface area (Å²) in [6.45, 7) is 87.9. The normalized spacial score (nSPS) is 12.0. The van der Waals surface area contributed by atoms with Crippen LogP contribution in [0.1, 0.15) is 289 Å². The molecule has 1 aromatic carbocycles. The molecule has 0 aromatic heterocycles. The molecule has 394 valence electrons. The van der Waals surface area contributed by atoms with Gasteiger partial charge in [0.15, 0.2) is 0 Å². The van der Waals surface area contributed by atoms with Crippen molar-refractivity contribution in [3.05, 3.63) is 48.0 Å². The van der Waals surface area contributed by atoms with Crippen LogP contribution in [0.15, 0.2) is 42.5 Å². The van der Waals surface area contributed by atoms with E-state index in [9.17, 15) is 4.79 Å². The Balaban J connectivity index is -0.0000000785. The van der Waals surface area contributed by atoms with Crippen molar-refractivity contribution >= 4 is 5.91 Å². The van der Waals surface area contributed by atoms with E-state index in [0.29, 0.717) is 43.3 Å². The zero-order valence-corrected chi connectivity index (χ0v) is 53.4. The molecule has 0 spiro atoms. The molecule has 2 heteroatoms. The van der Waals surface area contributed by atoms with E-state index in [0.717, 1.165) is 5.56 Å². The topological polar surface area (TPSA) is 29.1 Å². The predicted octanol–water partition coefficient (Wildman–Crippen LogP) is 22.0. The monoisotopic (exact) mass is 918 g/mol.